The highest BCUT2D eigenvalue weighted by molar-refractivity contribution is 8.01. The van der Waals surface area contributed by atoms with E-state index in [4.69, 9.17) is 5.73 Å². The Labute approximate surface area is 132 Å². The molecule has 0 amide bonds. The fraction of sp³-hybridized carbons (Fsp3) is 0.562. The lowest BCUT2D eigenvalue weighted by Crippen LogP contribution is -2.44. The van der Waals surface area contributed by atoms with Crippen LogP contribution in [0.1, 0.15) is 39.0 Å². The van der Waals surface area contributed by atoms with Crippen LogP contribution in [0.5, 0.6) is 0 Å². The summed E-state index contributed by atoms with van der Waals surface area (Å²) in [5.74, 6) is 0.554. The molecule has 0 atom stereocenters. The average molecular weight is 306 g/mol. The van der Waals surface area contributed by atoms with Crippen molar-refractivity contribution in [2.75, 3.05) is 7.05 Å². The Hall–Kier alpha value is -1.20. The van der Waals surface area contributed by atoms with Gasteiger partial charge in [0, 0.05) is 24.0 Å². The first-order valence-corrected chi connectivity index (χ1v) is 8.44. The van der Waals surface area contributed by atoms with Crippen LogP contribution in [0.3, 0.4) is 0 Å². The number of nitrogens with zero attached hydrogens (tertiary/aromatic N) is 1. The number of allylic oxidation sites excluding steroid dienone is 6. The lowest BCUT2D eigenvalue weighted by Gasteiger charge is -2.29. The van der Waals surface area contributed by atoms with Gasteiger partial charge in [0.05, 0.1) is 0 Å². The summed E-state index contributed by atoms with van der Waals surface area (Å²) in [6.07, 6.45) is 14.4. The zero-order valence-corrected chi connectivity index (χ0v) is 13.7. The number of nitrogens with one attached hydrogen (secondary N) is 2. The number of rotatable bonds is 4. The van der Waals surface area contributed by atoms with E-state index in [2.05, 4.69) is 46.3 Å². The molecule has 2 aliphatic rings. The van der Waals surface area contributed by atoms with Crippen molar-refractivity contribution in [1.82, 2.24) is 10.0 Å². The predicted octanol–water partition coefficient (Wildman–Crippen LogP) is 2.86. The SMILES string of the molecule is CN=C(N)NC1CCC(NSC2=CC(C)=CC=CC2)CC1. The Morgan fingerprint density at radius 1 is 1.29 bits per heavy atom. The molecule has 0 aromatic carbocycles. The summed E-state index contributed by atoms with van der Waals surface area (Å²) in [6, 6.07) is 1.06. The van der Waals surface area contributed by atoms with Gasteiger partial charge >= 0.3 is 0 Å². The number of hydrogen-bond donors (Lipinski definition) is 3. The molecule has 116 valence electrons. The van der Waals surface area contributed by atoms with Gasteiger partial charge in [0.2, 0.25) is 0 Å². The van der Waals surface area contributed by atoms with Crippen LogP contribution >= 0.6 is 11.9 Å². The summed E-state index contributed by atoms with van der Waals surface area (Å²) >= 11 is 1.79. The second-order valence-electron chi connectivity index (χ2n) is 5.68. The maximum Gasteiger partial charge on any atom is 0.188 e. The van der Waals surface area contributed by atoms with E-state index in [0.29, 0.717) is 18.0 Å². The van der Waals surface area contributed by atoms with Crippen molar-refractivity contribution in [3.8, 4) is 0 Å². The van der Waals surface area contributed by atoms with E-state index < -0.39 is 0 Å². The summed E-state index contributed by atoms with van der Waals surface area (Å²) in [6.45, 7) is 2.15. The van der Waals surface area contributed by atoms with Crippen molar-refractivity contribution < 1.29 is 0 Å². The van der Waals surface area contributed by atoms with Gasteiger partial charge in [0.15, 0.2) is 5.96 Å². The molecule has 5 heteroatoms. The van der Waals surface area contributed by atoms with E-state index in [-0.39, 0.29) is 0 Å². The van der Waals surface area contributed by atoms with Crippen LogP contribution in [0.25, 0.3) is 0 Å². The van der Waals surface area contributed by atoms with Crippen molar-refractivity contribution in [2.45, 2.75) is 51.1 Å². The summed E-state index contributed by atoms with van der Waals surface area (Å²) in [4.78, 5) is 5.35. The molecule has 0 heterocycles. The quantitative estimate of drug-likeness (QED) is 0.424. The molecule has 2 rings (SSSR count). The molecule has 0 bridgehead atoms. The topological polar surface area (TPSA) is 62.4 Å². The van der Waals surface area contributed by atoms with Gasteiger partial charge in [0.25, 0.3) is 0 Å². The van der Waals surface area contributed by atoms with Crippen LogP contribution in [-0.4, -0.2) is 25.1 Å². The fourth-order valence-electron chi connectivity index (χ4n) is 2.62. The summed E-state index contributed by atoms with van der Waals surface area (Å²) in [5.41, 5.74) is 7.04. The summed E-state index contributed by atoms with van der Waals surface area (Å²) in [5, 5.41) is 3.27. The third-order valence-electron chi connectivity index (χ3n) is 3.88. The van der Waals surface area contributed by atoms with Crippen LogP contribution in [0, 0.1) is 0 Å². The third kappa shape index (κ3) is 5.59. The molecule has 0 aromatic heterocycles. The Morgan fingerprint density at radius 3 is 2.71 bits per heavy atom. The van der Waals surface area contributed by atoms with Crippen molar-refractivity contribution in [3.63, 3.8) is 0 Å². The van der Waals surface area contributed by atoms with Gasteiger partial charge in [-0.1, -0.05) is 23.8 Å². The molecule has 4 N–H and O–H groups in total. The van der Waals surface area contributed by atoms with Gasteiger partial charge in [-0.25, -0.2) is 0 Å². The van der Waals surface area contributed by atoms with Gasteiger partial charge in [-0.15, -0.1) is 0 Å². The molecule has 1 saturated carbocycles. The van der Waals surface area contributed by atoms with Crippen LogP contribution in [-0.2, 0) is 0 Å². The van der Waals surface area contributed by atoms with E-state index in [1.807, 2.05) is 0 Å². The van der Waals surface area contributed by atoms with Gasteiger partial charge in [-0.05, 0) is 57.1 Å². The summed E-state index contributed by atoms with van der Waals surface area (Å²) < 4.78 is 3.63. The molecule has 0 aromatic rings. The summed E-state index contributed by atoms with van der Waals surface area (Å²) in [7, 11) is 1.72. The molecule has 0 saturated heterocycles. The van der Waals surface area contributed by atoms with Crippen molar-refractivity contribution >= 4 is 17.9 Å². The lowest BCUT2D eigenvalue weighted by atomic mass is 9.92. The van der Waals surface area contributed by atoms with E-state index in [1.165, 1.54) is 23.3 Å². The minimum atomic E-state index is 0.474. The number of nitrogens with two attached hydrogens (primary N) is 1. The second kappa shape index (κ2) is 8.29. The maximum absolute atomic E-state index is 5.72. The smallest absolute Gasteiger partial charge is 0.188 e. The normalized spacial score (nSPS) is 26.9. The van der Waals surface area contributed by atoms with Gasteiger partial charge in [-0.2, -0.15) is 0 Å². The molecule has 0 aliphatic heterocycles. The largest absolute Gasteiger partial charge is 0.370 e. The predicted molar refractivity (Wildman–Crippen MR) is 93.0 cm³/mol. The Balaban J connectivity index is 1.72. The Bertz CT molecular complexity index is 457. The van der Waals surface area contributed by atoms with E-state index in [9.17, 15) is 0 Å². The maximum atomic E-state index is 5.72. The highest BCUT2D eigenvalue weighted by Gasteiger charge is 2.21. The van der Waals surface area contributed by atoms with Gasteiger partial charge < -0.3 is 11.1 Å². The Kier molecular flexibility index (Phi) is 6.39. The molecule has 4 nitrogen and oxygen atoms in total. The minimum Gasteiger partial charge on any atom is -0.370 e. The van der Waals surface area contributed by atoms with Crippen molar-refractivity contribution in [3.05, 3.63) is 34.8 Å². The first kappa shape index (κ1) is 16.2. The lowest BCUT2D eigenvalue weighted by molar-refractivity contribution is 0.361. The molecular weight excluding hydrogens is 280 g/mol. The average Bonchev–Trinajstić information content (AvgIpc) is 2.70. The van der Waals surface area contributed by atoms with Gasteiger partial charge in [0.1, 0.15) is 0 Å². The zero-order valence-electron chi connectivity index (χ0n) is 12.9. The van der Waals surface area contributed by atoms with Crippen LogP contribution < -0.4 is 15.8 Å². The minimum absolute atomic E-state index is 0.474. The van der Waals surface area contributed by atoms with E-state index in [1.54, 1.807) is 19.0 Å². The zero-order chi connectivity index (χ0) is 15.1. The van der Waals surface area contributed by atoms with Crippen LogP contribution in [0.15, 0.2) is 39.8 Å². The van der Waals surface area contributed by atoms with Crippen molar-refractivity contribution in [1.29, 1.82) is 0 Å². The molecule has 0 unspecified atom stereocenters. The highest BCUT2D eigenvalue weighted by Crippen LogP contribution is 2.25. The number of hydrogen-bond acceptors (Lipinski definition) is 3. The Morgan fingerprint density at radius 2 is 2.00 bits per heavy atom. The van der Waals surface area contributed by atoms with Crippen LogP contribution in [0.4, 0.5) is 0 Å². The van der Waals surface area contributed by atoms with E-state index >= 15 is 0 Å². The van der Waals surface area contributed by atoms with Crippen molar-refractivity contribution in [2.24, 2.45) is 10.7 Å². The van der Waals surface area contributed by atoms with E-state index in [0.717, 1.165) is 19.3 Å². The molecule has 0 radical (unpaired) electrons. The standard InChI is InChI=1S/C16H26N4S/c1-12-5-3-4-6-15(11-12)21-20-14-9-7-13(8-10-14)19-16(17)18-2/h3-5,11,13-14,20H,6-10H2,1-2H3,(H3,17,18,19). The number of aliphatic imine (C=N–C) groups is 1. The highest BCUT2D eigenvalue weighted by atomic mass is 32.2. The first-order valence-electron chi connectivity index (χ1n) is 7.62. The third-order valence-corrected chi connectivity index (χ3v) is 4.88. The molecule has 2 aliphatic carbocycles. The first-order chi connectivity index (χ1) is 10.2. The molecule has 0 spiro atoms. The number of guanidine groups is 1. The molecule has 1 fully saturated rings. The monoisotopic (exact) mass is 306 g/mol. The van der Waals surface area contributed by atoms with Crippen LogP contribution in [0.2, 0.25) is 0 Å². The molecule has 21 heavy (non-hydrogen) atoms. The molecular formula is C16H26N4S. The van der Waals surface area contributed by atoms with Gasteiger partial charge in [-0.3, -0.25) is 9.71 Å². The fourth-order valence-corrected chi connectivity index (χ4v) is 3.60. The second-order valence-corrected chi connectivity index (χ2v) is 6.64.